The lowest BCUT2D eigenvalue weighted by Crippen LogP contribution is -2.01. The van der Waals surface area contributed by atoms with Crippen molar-refractivity contribution >= 4 is 0 Å². The maximum Gasteiger partial charge on any atom is 0.0936 e. The van der Waals surface area contributed by atoms with E-state index in [2.05, 4.69) is 18.2 Å². The Morgan fingerprint density at radius 2 is 2.10 bits per heavy atom. The van der Waals surface area contributed by atoms with Crippen LogP contribution >= 0.6 is 0 Å². The Morgan fingerprint density at radius 3 is 2.90 bits per heavy atom. The monoisotopic (exact) mass is 136 g/mol. The zero-order chi connectivity index (χ0) is 7.23. The topological polar surface area (TPSA) is 9.23 Å². The van der Waals surface area contributed by atoms with Gasteiger partial charge in [-0.2, -0.15) is 0 Å². The van der Waals surface area contributed by atoms with Crippen molar-refractivity contribution in [1.29, 1.82) is 0 Å². The van der Waals surface area contributed by atoms with E-state index in [0.717, 1.165) is 6.42 Å². The summed E-state index contributed by atoms with van der Waals surface area (Å²) in [5, 5.41) is 0. The average Bonchev–Trinajstić information content (AvgIpc) is 1.87. The molecule has 0 aliphatic heterocycles. The summed E-state index contributed by atoms with van der Waals surface area (Å²) in [5.41, 5.74) is 0. The fourth-order valence-corrected chi connectivity index (χ4v) is 0.843. The molecule has 1 nitrogen and oxygen atoms in total. The summed E-state index contributed by atoms with van der Waals surface area (Å²) in [6.07, 6.45) is 13.5. The van der Waals surface area contributed by atoms with Gasteiger partial charge in [-0.05, 0) is 6.42 Å². The number of hydrogen-bond donors (Lipinski definition) is 0. The van der Waals surface area contributed by atoms with Crippen molar-refractivity contribution < 1.29 is 4.74 Å². The summed E-state index contributed by atoms with van der Waals surface area (Å²) in [6, 6.07) is 0. The van der Waals surface area contributed by atoms with Gasteiger partial charge in [-0.25, -0.2) is 0 Å². The third-order valence-electron chi connectivity index (χ3n) is 1.42. The number of allylic oxidation sites excluding steroid dienone is 4. The Bertz CT molecular complexity index is 166. The summed E-state index contributed by atoms with van der Waals surface area (Å²) in [6.45, 7) is 0. The molecule has 0 aromatic rings. The first-order chi connectivity index (χ1) is 4.93. The predicted molar refractivity (Wildman–Crippen MR) is 42.8 cm³/mol. The molecular formula is C9H12O. The molecule has 0 N–H and O–H groups in total. The van der Waals surface area contributed by atoms with Crippen molar-refractivity contribution in [2.45, 2.75) is 12.5 Å². The number of rotatable bonds is 1. The van der Waals surface area contributed by atoms with Crippen LogP contribution in [-0.4, -0.2) is 13.2 Å². The van der Waals surface area contributed by atoms with E-state index in [1.165, 1.54) is 0 Å². The van der Waals surface area contributed by atoms with Gasteiger partial charge in [0.1, 0.15) is 0 Å². The van der Waals surface area contributed by atoms with E-state index in [-0.39, 0.29) is 6.10 Å². The van der Waals surface area contributed by atoms with E-state index >= 15 is 0 Å². The van der Waals surface area contributed by atoms with Crippen molar-refractivity contribution in [3.05, 3.63) is 36.5 Å². The van der Waals surface area contributed by atoms with Gasteiger partial charge in [0.15, 0.2) is 0 Å². The normalized spacial score (nSPS) is 24.3. The SMILES string of the molecule is COC1C=CC=CCC=C1. The van der Waals surface area contributed by atoms with Gasteiger partial charge in [0.25, 0.3) is 0 Å². The van der Waals surface area contributed by atoms with Crippen molar-refractivity contribution in [2.75, 3.05) is 7.11 Å². The van der Waals surface area contributed by atoms with Crippen LogP contribution in [0.25, 0.3) is 0 Å². The van der Waals surface area contributed by atoms with E-state index in [9.17, 15) is 0 Å². The van der Waals surface area contributed by atoms with Gasteiger partial charge in [0, 0.05) is 7.11 Å². The van der Waals surface area contributed by atoms with Gasteiger partial charge in [0.05, 0.1) is 6.10 Å². The number of methoxy groups -OCH3 is 1. The molecule has 0 bridgehead atoms. The number of ether oxygens (including phenoxy) is 1. The Hall–Kier alpha value is -0.820. The minimum Gasteiger partial charge on any atom is -0.373 e. The van der Waals surface area contributed by atoms with Crippen molar-refractivity contribution in [3.8, 4) is 0 Å². The molecule has 1 aliphatic carbocycles. The van der Waals surface area contributed by atoms with E-state index in [4.69, 9.17) is 4.74 Å². The summed E-state index contributed by atoms with van der Waals surface area (Å²) in [5.74, 6) is 0. The summed E-state index contributed by atoms with van der Waals surface area (Å²) >= 11 is 0. The first-order valence-corrected chi connectivity index (χ1v) is 3.46. The van der Waals surface area contributed by atoms with Crippen LogP contribution in [0.4, 0.5) is 0 Å². The molecule has 1 rings (SSSR count). The van der Waals surface area contributed by atoms with Gasteiger partial charge in [-0.15, -0.1) is 0 Å². The molecule has 1 unspecified atom stereocenters. The molecule has 0 amide bonds. The average molecular weight is 136 g/mol. The largest absolute Gasteiger partial charge is 0.373 e. The summed E-state index contributed by atoms with van der Waals surface area (Å²) in [4.78, 5) is 0. The summed E-state index contributed by atoms with van der Waals surface area (Å²) in [7, 11) is 1.71. The van der Waals surface area contributed by atoms with Crippen LogP contribution in [-0.2, 0) is 4.74 Å². The molecule has 1 heteroatoms. The molecule has 0 aromatic heterocycles. The van der Waals surface area contributed by atoms with E-state index in [0.29, 0.717) is 0 Å². The van der Waals surface area contributed by atoms with Crippen LogP contribution in [0.3, 0.4) is 0 Å². The summed E-state index contributed by atoms with van der Waals surface area (Å²) < 4.78 is 5.12. The minimum absolute atomic E-state index is 0.157. The lowest BCUT2D eigenvalue weighted by atomic mass is 10.2. The maximum absolute atomic E-state index is 5.12. The van der Waals surface area contributed by atoms with Gasteiger partial charge in [-0.3, -0.25) is 0 Å². The van der Waals surface area contributed by atoms with Crippen LogP contribution in [0.2, 0.25) is 0 Å². The van der Waals surface area contributed by atoms with Crippen LogP contribution in [0.1, 0.15) is 6.42 Å². The third kappa shape index (κ3) is 2.19. The van der Waals surface area contributed by atoms with E-state index in [1.807, 2.05) is 18.2 Å². The highest BCUT2D eigenvalue weighted by Crippen LogP contribution is 2.00. The molecule has 0 fully saturated rings. The molecule has 0 heterocycles. The molecule has 0 saturated carbocycles. The molecule has 0 spiro atoms. The lowest BCUT2D eigenvalue weighted by Gasteiger charge is -2.04. The highest BCUT2D eigenvalue weighted by molar-refractivity contribution is 5.14. The second-order valence-electron chi connectivity index (χ2n) is 2.18. The highest BCUT2D eigenvalue weighted by atomic mass is 16.5. The zero-order valence-corrected chi connectivity index (χ0v) is 6.16. The Labute approximate surface area is 61.7 Å². The number of hydrogen-bond acceptors (Lipinski definition) is 1. The van der Waals surface area contributed by atoms with Gasteiger partial charge < -0.3 is 4.74 Å². The van der Waals surface area contributed by atoms with Crippen LogP contribution in [0.15, 0.2) is 36.5 Å². The Morgan fingerprint density at radius 1 is 1.20 bits per heavy atom. The van der Waals surface area contributed by atoms with Crippen molar-refractivity contribution in [3.63, 3.8) is 0 Å². The van der Waals surface area contributed by atoms with Crippen LogP contribution in [0.5, 0.6) is 0 Å². The fourth-order valence-electron chi connectivity index (χ4n) is 0.843. The molecular weight excluding hydrogens is 124 g/mol. The standard InChI is InChI=1S/C9H12O/c1-10-9-7-5-3-2-4-6-8-9/h2-3,5-9H,4H2,1H3. The van der Waals surface area contributed by atoms with E-state index in [1.54, 1.807) is 7.11 Å². The molecule has 0 radical (unpaired) electrons. The lowest BCUT2D eigenvalue weighted by molar-refractivity contribution is 0.177. The fraction of sp³-hybridized carbons (Fsp3) is 0.333. The third-order valence-corrected chi connectivity index (χ3v) is 1.42. The Balaban J connectivity index is 2.58. The predicted octanol–water partition coefficient (Wildman–Crippen LogP) is 2.07. The molecule has 1 atom stereocenters. The van der Waals surface area contributed by atoms with E-state index < -0.39 is 0 Å². The molecule has 54 valence electrons. The smallest absolute Gasteiger partial charge is 0.0936 e. The first kappa shape index (κ1) is 7.29. The highest BCUT2D eigenvalue weighted by Gasteiger charge is 1.94. The van der Waals surface area contributed by atoms with Crippen LogP contribution in [0, 0.1) is 0 Å². The first-order valence-electron chi connectivity index (χ1n) is 3.46. The van der Waals surface area contributed by atoms with Gasteiger partial charge in [0.2, 0.25) is 0 Å². The second-order valence-corrected chi connectivity index (χ2v) is 2.18. The zero-order valence-electron chi connectivity index (χ0n) is 6.16. The van der Waals surface area contributed by atoms with Crippen molar-refractivity contribution in [1.82, 2.24) is 0 Å². The molecule has 10 heavy (non-hydrogen) atoms. The minimum atomic E-state index is 0.157. The maximum atomic E-state index is 5.12. The van der Waals surface area contributed by atoms with Crippen molar-refractivity contribution in [2.24, 2.45) is 0 Å². The second kappa shape index (κ2) is 4.07. The molecule has 0 aromatic carbocycles. The molecule has 0 saturated heterocycles. The van der Waals surface area contributed by atoms with Gasteiger partial charge in [-0.1, -0.05) is 36.5 Å². The molecule has 1 aliphatic rings. The van der Waals surface area contributed by atoms with Gasteiger partial charge >= 0.3 is 0 Å². The Kier molecular flexibility index (Phi) is 2.97. The van der Waals surface area contributed by atoms with Crippen LogP contribution < -0.4 is 0 Å². The quantitative estimate of drug-likeness (QED) is 0.501.